The van der Waals surface area contributed by atoms with E-state index in [-0.39, 0.29) is 23.9 Å². The highest BCUT2D eigenvalue weighted by atomic mass is 16.2. The molecule has 2 N–H and O–H groups in total. The van der Waals surface area contributed by atoms with Crippen LogP contribution in [0.15, 0.2) is 42.9 Å². The molecule has 144 valence electrons. The van der Waals surface area contributed by atoms with Crippen LogP contribution in [0.1, 0.15) is 36.3 Å². The number of carbonyl (C=O) groups is 2. The molecule has 7 heteroatoms. The zero-order chi connectivity index (χ0) is 19.2. The zero-order valence-corrected chi connectivity index (χ0v) is 15.9. The summed E-state index contributed by atoms with van der Waals surface area (Å²) in [5, 5.41) is 3.09. The van der Waals surface area contributed by atoms with E-state index >= 15 is 0 Å². The van der Waals surface area contributed by atoms with Crippen LogP contribution >= 0.6 is 0 Å². The molecule has 0 radical (unpaired) electrons. The Morgan fingerprint density at radius 2 is 2.00 bits per heavy atom. The van der Waals surface area contributed by atoms with Gasteiger partial charge in [-0.15, -0.1) is 0 Å². The number of benzene rings is 1. The largest absolute Gasteiger partial charge is 0.348 e. The maximum absolute atomic E-state index is 13.0. The summed E-state index contributed by atoms with van der Waals surface area (Å²) in [6, 6.07) is 8.87. The molecule has 2 aromatic rings. The highest BCUT2D eigenvalue weighted by Gasteiger charge is 2.39. The van der Waals surface area contributed by atoms with Crippen LogP contribution in [0.4, 0.5) is 0 Å². The fourth-order valence-corrected chi connectivity index (χ4v) is 3.63. The first-order chi connectivity index (χ1) is 13.1. The molecule has 27 heavy (non-hydrogen) atoms. The fraction of sp³-hybridized carbons (Fsp3) is 0.450. The molecule has 0 unspecified atom stereocenters. The minimum absolute atomic E-state index is 0.0647. The lowest BCUT2D eigenvalue weighted by atomic mass is 10.1. The number of hydrogen-bond donors (Lipinski definition) is 2. The van der Waals surface area contributed by atoms with E-state index in [0.717, 1.165) is 5.69 Å². The fourth-order valence-electron chi connectivity index (χ4n) is 3.63. The molecule has 2 heterocycles. The molecule has 2 amide bonds. The SMILES string of the molecule is CCN(CC)C(=O)[C@@H]1C[C@H](NC(=O)c2ccccc2)CN1Cc1cnc[nH]1. The molecular formula is C20H27N5O2. The standard InChI is InChI=1S/C20H27N5O2/c1-3-24(4-2)20(27)18-10-16(12-25(18)13-17-11-21-14-22-17)23-19(26)15-8-6-5-7-9-15/h5-9,11,14,16,18H,3-4,10,12-13H2,1-2H3,(H,21,22)(H,23,26)/t16-,18-/m0/s1. The van der Waals surface area contributed by atoms with Gasteiger partial charge in [-0.05, 0) is 32.4 Å². The van der Waals surface area contributed by atoms with Crippen LogP contribution in [0.2, 0.25) is 0 Å². The maximum atomic E-state index is 13.0. The van der Waals surface area contributed by atoms with E-state index in [1.165, 1.54) is 0 Å². The quantitative estimate of drug-likeness (QED) is 0.778. The summed E-state index contributed by atoms with van der Waals surface area (Å²) in [5.41, 5.74) is 1.60. The number of likely N-dealkylation sites (N-methyl/N-ethyl adjacent to an activating group) is 1. The van der Waals surface area contributed by atoms with Gasteiger partial charge in [-0.1, -0.05) is 18.2 Å². The lowest BCUT2D eigenvalue weighted by Crippen LogP contribution is -2.45. The van der Waals surface area contributed by atoms with E-state index in [1.54, 1.807) is 24.7 Å². The van der Waals surface area contributed by atoms with Crippen LogP contribution in [0, 0.1) is 0 Å². The predicted molar refractivity (Wildman–Crippen MR) is 103 cm³/mol. The Morgan fingerprint density at radius 1 is 1.26 bits per heavy atom. The third-order valence-corrected chi connectivity index (χ3v) is 5.06. The minimum atomic E-state index is -0.241. The average Bonchev–Trinajstić information content (AvgIpc) is 3.33. The summed E-state index contributed by atoms with van der Waals surface area (Å²) in [5.74, 6) is 0.0222. The Hall–Kier alpha value is -2.67. The van der Waals surface area contributed by atoms with Crippen molar-refractivity contribution in [1.82, 2.24) is 25.1 Å². The number of aromatic amines is 1. The van der Waals surface area contributed by atoms with Gasteiger partial charge in [0.25, 0.3) is 5.91 Å². The smallest absolute Gasteiger partial charge is 0.251 e. The molecule has 0 saturated carbocycles. The van der Waals surface area contributed by atoms with E-state index in [1.807, 2.05) is 36.9 Å². The second kappa shape index (κ2) is 8.81. The first-order valence-electron chi connectivity index (χ1n) is 9.48. The van der Waals surface area contributed by atoms with Crippen LogP contribution in [0.25, 0.3) is 0 Å². The molecule has 7 nitrogen and oxygen atoms in total. The second-order valence-electron chi connectivity index (χ2n) is 6.80. The summed E-state index contributed by atoms with van der Waals surface area (Å²) < 4.78 is 0. The van der Waals surface area contributed by atoms with Gasteiger partial charge in [0.15, 0.2) is 0 Å². The van der Waals surface area contributed by atoms with Gasteiger partial charge < -0.3 is 15.2 Å². The normalized spacial score (nSPS) is 19.8. The zero-order valence-electron chi connectivity index (χ0n) is 15.9. The highest BCUT2D eigenvalue weighted by Crippen LogP contribution is 2.22. The molecular weight excluding hydrogens is 342 g/mol. The Labute approximate surface area is 159 Å². The molecule has 3 rings (SSSR count). The van der Waals surface area contributed by atoms with Crippen LogP contribution in [-0.2, 0) is 11.3 Å². The monoisotopic (exact) mass is 369 g/mol. The number of H-pyrrole nitrogens is 1. The van der Waals surface area contributed by atoms with Gasteiger partial charge >= 0.3 is 0 Å². The molecule has 1 aliphatic heterocycles. The number of amides is 2. The van der Waals surface area contributed by atoms with Crippen LogP contribution in [0.3, 0.4) is 0 Å². The van der Waals surface area contributed by atoms with Crippen LogP contribution < -0.4 is 5.32 Å². The van der Waals surface area contributed by atoms with Crippen molar-refractivity contribution in [1.29, 1.82) is 0 Å². The van der Waals surface area contributed by atoms with Gasteiger partial charge in [0.05, 0.1) is 12.4 Å². The first kappa shape index (κ1) is 19.1. The van der Waals surface area contributed by atoms with Crippen molar-refractivity contribution < 1.29 is 9.59 Å². The van der Waals surface area contributed by atoms with Crippen molar-refractivity contribution in [3.05, 3.63) is 54.1 Å². The van der Waals surface area contributed by atoms with E-state index < -0.39 is 0 Å². The van der Waals surface area contributed by atoms with Gasteiger partial charge in [-0.3, -0.25) is 14.5 Å². The number of carbonyl (C=O) groups excluding carboxylic acids is 2. The number of aromatic nitrogens is 2. The summed E-state index contributed by atoms with van der Waals surface area (Å²) in [4.78, 5) is 36.6. The van der Waals surface area contributed by atoms with Gasteiger partial charge in [0, 0.05) is 49.7 Å². The van der Waals surface area contributed by atoms with Gasteiger partial charge in [-0.2, -0.15) is 0 Å². The van der Waals surface area contributed by atoms with Gasteiger partial charge in [0.1, 0.15) is 0 Å². The third-order valence-electron chi connectivity index (χ3n) is 5.06. The number of nitrogens with zero attached hydrogens (tertiary/aromatic N) is 3. The Kier molecular flexibility index (Phi) is 6.24. The van der Waals surface area contributed by atoms with E-state index in [4.69, 9.17) is 0 Å². The number of hydrogen-bond acceptors (Lipinski definition) is 4. The van der Waals surface area contributed by atoms with Crippen molar-refractivity contribution in [2.75, 3.05) is 19.6 Å². The summed E-state index contributed by atoms with van der Waals surface area (Å²) in [6.45, 7) is 6.59. The topological polar surface area (TPSA) is 81.3 Å². The Morgan fingerprint density at radius 3 is 2.63 bits per heavy atom. The van der Waals surface area contributed by atoms with Crippen molar-refractivity contribution in [2.24, 2.45) is 0 Å². The Balaban J connectivity index is 1.72. The predicted octanol–water partition coefficient (Wildman–Crippen LogP) is 1.65. The lowest BCUT2D eigenvalue weighted by molar-refractivity contribution is -0.135. The molecule has 1 saturated heterocycles. The third kappa shape index (κ3) is 4.54. The minimum Gasteiger partial charge on any atom is -0.348 e. The molecule has 1 aromatic carbocycles. The van der Waals surface area contributed by atoms with E-state index in [9.17, 15) is 9.59 Å². The van der Waals surface area contributed by atoms with Crippen molar-refractivity contribution in [2.45, 2.75) is 38.9 Å². The Bertz CT molecular complexity index is 743. The first-order valence-corrected chi connectivity index (χ1v) is 9.48. The number of rotatable bonds is 7. The van der Waals surface area contributed by atoms with Crippen LogP contribution in [0.5, 0.6) is 0 Å². The summed E-state index contributed by atoms with van der Waals surface area (Å²) in [7, 11) is 0. The molecule has 0 aliphatic carbocycles. The average molecular weight is 369 g/mol. The molecule has 0 bridgehead atoms. The molecule has 1 aromatic heterocycles. The molecule has 1 fully saturated rings. The van der Waals surface area contributed by atoms with Crippen molar-refractivity contribution in [3.8, 4) is 0 Å². The number of imidazole rings is 1. The van der Waals surface area contributed by atoms with Gasteiger partial charge in [-0.25, -0.2) is 4.98 Å². The summed E-state index contributed by atoms with van der Waals surface area (Å²) in [6.07, 6.45) is 4.03. The molecule has 0 spiro atoms. The van der Waals surface area contributed by atoms with Gasteiger partial charge in [0.2, 0.25) is 5.91 Å². The van der Waals surface area contributed by atoms with E-state index in [0.29, 0.717) is 38.2 Å². The van der Waals surface area contributed by atoms with Crippen LogP contribution in [-0.4, -0.2) is 63.3 Å². The van der Waals surface area contributed by atoms with Crippen molar-refractivity contribution >= 4 is 11.8 Å². The lowest BCUT2D eigenvalue weighted by Gasteiger charge is -2.28. The summed E-state index contributed by atoms with van der Waals surface area (Å²) >= 11 is 0. The van der Waals surface area contributed by atoms with E-state index in [2.05, 4.69) is 20.2 Å². The van der Waals surface area contributed by atoms with Crippen molar-refractivity contribution in [3.63, 3.8) is 0 Å². The highest BCUT2D eigenvalue weighted by molar-refractivity contribution is 5.94. The second-order valence-corrected chi connectivity index (χ2v) is 6.80. The number of nitrogens with one attached hydrogen (secondary N) is 2. The molecule has 1 aliphatic rings. The number of likely N-dealkylation sites (tertiary alicyclic amines) is 1. The maximum Gasteiger partial charge on any atom is 0.251 e. The molecule has 2 atom stereocenters.